The predicted molar refractivity (Wildman–Crippen MR) is 115 cm³/mol. The summed E-state index contributed by atoms with van der Waals surface area (Å²) in [6, 6.07) is 13.8. The van der Waals surface area contributed by atoms with E-state index >= 15 is 0 Å². The van der Waals surface area contributed by atoms with Crippen LogP contribution in [0.4, 0.5) is 0 Å². The van der Waals surface area contributed by atoms with Gasteiger partial charge in [-0.2, -0.15) is 0 Å². The molecule has 3 rings (SSSR count). The SMILES string of the molecule is CCCN(Cc1nnc(-c2ccccc2Cl)o1)C(=O)c1cccc(CS(C)(=O)=O)c1. The summed E-state index contributed by atoms with van der Waals surface area (Å²) in [6.45, 7) is 2.59. The van der Waals surface area contributed by atoms with Crippen molar-refractivity contribution < 1.29 is 17.6 Å². The number of sulfone groups is 1. The first-order valence-corrected chi connectivity index (χ1v) is 11.8. The van der Waals surface area contributed by atoms with Gasteiger partial charge in [0.15, 0.2) is 9.84 Å². The van der Waals surface area contributed by atoms with E-state index in [0.717, 1.165) is 12.7 Å². The van der Waals surface area contributed by atoms with Gasteiger partial charge in [-0.1, -0.05) is 42.8 Å². The summed E-state index contributed by atoms with van der Waals surface area (Å²) in [6.07, 6.45) is 1.90. The van der Waals surface area contributed by atoms with Crippen LogP contribution in [0.15, 0.2) is 52.9 Å². The maximum Gasteiger partial charge on any atom is 0.254 e. The molecule has 0 N–H and O–H groups in total. The molecular formula is C21H22ClN3O4S. The van der Waals surface area contributed by atoms with E-state index in [1.807, 2.05) is 19.1 Å². The van der Waals surface area contributed by atoms with Crippen molar-refractivity contribution in [2.24, 2.45) is 0 Å². The van der Waals surface area contributed by atoms with Crippen molar-refractivity contribution in [2.75, 3.05) is 12.8 Å². The van der Waals surface area contributed by atoms with Crippen LogP contribution in [-0.4, -0.2) is 42.2 Å². The Labute approximate surface area is 180 Å². The molecule has 0 saturated heterocycles. The van der Waals surface area contributed by atoms with Gasteiger partial charge in [0.2, 0.25) is 11.8 Å². The van der Waals surface area contributed by atoms with E-state index < -0.39 is 9.84 Å². The number of halogens is 1. The lowest BCUT2D eigenvalue weighted by Crippen LogP contribution is -2.31. The first-order valence-electron chi connectivity index (χ1n) is 9.40. The maximum atomic E-state index is 13.1. The summed E-state index contributed by atoms with van der Waals surface area (Å²) in [4.78, 5) is 14.7. The normalized spacial score (nSPS) is 11.4. The molecule has 0 aliphatic heterocycles. The molecule has 0 spiro atoms. The summed E-state index contributed by atoms with van der Waals surface area (Å²) in [5.74, 6) is 0.227. The van der Waals surface area contributed by atoms with Crippen LogP contribution in [0.2, 0.25) is 5.02 Å². The molecule has 1 aromatic heterocycles. The van der Waals surface area contributed by atoms with E-state index in [0.29, 0.717) is 34.1 Å². The van der Waals surface area contributed by atoms with Gasteiger partial charge in [-0.3, -0.25) is 4.79 Å². The minimum Gasteiger partial charge on any atom is -0.419 e. The fourth-order valence-corrected chi connectivity index (χ4v) is 4.03. The lowest BCUT2D eigenvalue weighted by molar-refractivity contribution is 0.0728. The quantitative estimate of drug-likeness (QED) is 0.518. The van der Waals surface area contributed by atoms with Crippen LogP contribution >= 0.6 is 11.6 Å². The molecule has 7 nitrogen and oxygen atoms in total. The number of hydrogen-bond donors (Lipinski definition) is 0. The van der Waals surface area contributed by atoms with Crippen LogP contribution in [0.25, 0.3) is 11.5 Å². The molecule has 2 aromatic carbocycles. The summed E-state index contributed by atoms with van der Waals surface area (Å²) >= 11 is 6.18. The Balaban J connectivity index is 1.81. The van der Waals surface area contributed by atoms with E-state index in [1.54, 1.807) is 41.3 Å². The molecule has 158 valence electrons. The molecule has 1 heterocycles. The molecule has 0 aliphatic carbocycles. The number of carbonyl (C=O) groups is 1. The average molecular weight is 448 g/mol. The molecule has 0 saturated carbocycles. The molecule has 0 fully saturated rings. The number of benzene rings is 2. The molecular weight excluding hydrogens is 426 g/mol. The van der Waals surface area contributed by atoms with Crippen molar-refractivity contribution in [3.05, 3.63) is 70.6 Å². The van der Waals surface area contributed by atoms with Gasteiger partial charge >= 0.3 is 0 Å². The van der Waals surface area contributed by atoms with E-state index in [9.17, 15) is 13.2 Å². The Bertz CT molecular complexity index is 1140. The number of rotatable bonds is 8. The Hall–Kier alpha value is -2.71. The highest BCUT2D eigenvalue weighted by Gasteiger charge is 2.20. The van der Waals surface area contributed by atoms with Crippen molar-refractivity contribution in [2.45, 2.75) is 25.6 Å². The minimum absolute atomic E-state index is 0.118. The third kappa shape index (κ3) is 5.67. The van der Waals surface area contributed by atoms with Gasteiger partial charge in [0.25, 0.3) is 5.91 Å². The highest BCUT2D eigenvalue weighted by Crippen LogP contribution is 2.26. The van der Waals surface area contributed by atoms with Crippen LogP contribution in [0, 0.1) is 0 Å². The highest BCUT2D eigenvalue weighted by molar-refractivity contribution is 7.89. The zero-order chi connectivity index (χ0) is 21.7. The number of carbonyl (C=O) groups excluding carboxylic acids is 1. The van der Waals surface area contributed by atoms with Crippen molar-refractivity contribution in [3.63, 3.8) is 0 Å². The second kappa shape index (κ2) is 9.40. The van der Waals surface area contributed by atoms with E-state index in [1.165, 1.54) is 0 Å². The molecule has 0 radical (unpaired) electrons. The fourth-order valence-electron chi connectivity index (χ4n) is 3.03. The van der Waals surface area contributed by atoms with Gasteiger partial charge < -0.3 is 9.32 Å². The fraction of sp³-hybridized carbons (Fsp3) is 0.286. The molecule has 30 heavy (non-hydrogen) atoms. The molecule has 0 aliphatic rings. The average Bonchev–Trinajstić information content (AvgIpc) is 3.14. The van der Waals surface area contributed by atoms with Crippen LogP contribution in [0.3, 0.4) is 0 Å². The van der Waals surface area contributed by atoms with Gasteiger partial charge in [-0.05, 0) is 36.2 Å². The first kappa shape index (κ1) is 22.0. The number of aromatic nitrogens is 2. The minimum atomic E-state index is -3.19. The second-order valence-electron chi connectivity index (χ2n) is 6.98. The van der Waals surface area contributed by atoms with Crippen LogP contribution in [0.5, 0.6) is 0 Å². The lowest BCUT2D eigenvalue weighted by atomic mass is 10.1. The van der Waals surface area contributed by atoms with Crippen LogP contribution in [-0.2, 0) is 22.1 Å². The van der Waals surface area contributed by atoms with Gasteiger partial charge in [0, 0.05) is 18.4 Å². The van der Waals surface area contributed by atoms with Crippen LogP contribution < -0.4 is 0 Å². The molecule has 0 unspecified atom stereocenters. The number of hydrogen-bond acceptors (Lipinski definition) is 6. The Kier molecular flexibility index (Phi) is 6.89. The molecule has 0 atom stereocenters. The third-order valence-corrected chi connectivity index (χ3v) is 5.47. The topological polar surface area (TPSA) is 93.4 Å². The zero-order valence-electron chi connectivity index (χ0n) is 16.7. The zero-order valence-corrected chi connectivity index (χ0v) is 18.3. The smallest absolute Gasteiger partial charge is 0.254 e. The maximum absolute atomic E-state index is 13.1. The third-order valence-electron chi connectivity index (χ3n) is 4.28. The number of amides is 1. The monoisotopic (exact) mass is 447 g/mol. The Morgan fingerprint density at radius 1 is 1.13 bits per heavy atom. The van der Waals surface area contributed by atoms with E-state index in [-0.39, 0.29) is 24.1 Å². The molecule has 1 amide bonds. The van der Waals surface area contributed by atoms with E-state index in [4.69, 9.17) is 16.0 Å². The van der Waals surface area contributed by atoms with Gasteiger partial charge in [-0.25, -0.2) is 8.42 Å². The van der Waals surface area contributed by atoms with Crippen molar-refractivity contribution in [1.82, 2.24) is 15.1 Å². The van der Waals surface area contributed by atoms with Gasteiger partial charge in [-0.15, -0.1) is 10.2 Å². The highest BCUT2D eigenvalue weighted by atomic mass is 35.5. The first-order chi connectivity index (χ1) is 14.3. The van der Waals surface area contributed by atoms with Crippen molar-refractivity contribution in [3.8, 4) is 11.5 Å². The molecule has 3 aromatic rings. The largest absolute Gasteiger partial charge is 0.419 e. The van der Waals surface area contributed by atoms with Gasteiger partial charge in [0.05, 0.1) is 22.9 Å². The van der Waals surface area contributed by atoms with Crippen molar-refractivity contribution >= 4 is 27.3 Å². The standard InChI is InChI=1S/C21H22ClN3O4S/c1-3-11-25(21(26)16-8-6-7-15(12-16)14-30(2,27)28)13-19-23-24-20(29-19)17-9-4-5-10-18(17)22/h4-10,12H,3,11,13-14H2,1-2H3. The van der Waals surface area contributed by atoms with Crippen LogP contribution in [0.1, 0.15) is 35.2 Å². The molecule has 0 bridgehead atoms. The summed E-state index contributed by atoms with van der Waals surface area (Å²) in [5.41, 5.74) is 1.61. The Morgan fingerprint density at radius 3 is 2.60 bits per heavy atom. The summed E-state index contributed by atoms with van der Waals surface area (Å²) < 4.78 is 28.9. The predicted octanol–water partition coefficient (Wildman–Crippen LogP) is 3.99. The van der Waals surface area contributed by atoms with E-state index in [2.05, 4.69) is 10.2 Å². The molecule has 9 heteroatoms. The Morgan fingerprint density at radius 2 is 1.90 bits per heavy atom. The second-order valence-corrected chi connectivity index (χ2v) is 9.53. The van der Waals surface area contributed by atoms with Gasteiger partial charge in [0.1, 0.15) is 0 Å². The van der Waals surface area contributed by atoms with Crippen molar-refractivity contribution in [1.29, 1.82) is 0 Å². The summed E-state index contributed by atoms with van der Waals surface area (Å²) in [5, 5.41) is 8.59. The summed E-state index contributed by atoms with van der Waals surface area (Å²) in [7, 11) is -3.19. The number of nitrogens with zero attached hydrogens (tertiary/aromatic N) is 3. The lowest BCUT2D eigenvalue weighted by Gasteiger charge is -2.20.